The smallest absolute Gasteiger partial charge is 0.127 e. The molecule has 0 spiro atoms. The molecule has 160 valence electrons. The van der Waals surface area contributed by atoms with E-state index in [9.17, 15) is 0 Å². The maximum atomic E-state index is 6.39. The van der Waals surface area contributed by atoms with E-state index in [1.54, 1.807) is 0 Å². The third-order valence-electron chi connectivity index (χ3n) is 5.45. The highest BCUT2D eigenvalue weighted by Crippen LogP contribution is 2.39. The monoisotopic (exact) mass is 394 g/mol. The lowest BCUT2D eigenvalue weighted by atomic mass is 9.75. The van der Waals surface area contributed by atoms with Crippen molar-refractivity contribution in [3.8, 4) is 11.5 Å². The first-order valence-corrected chi connectivity index (χ1v) is 10.9. The van der Waals surface area contributed by atoms with E-state index in [1.165, 1.54) is 22.3 Å². The zero-order valence-electron chi connectivity index (χ0n) is 20.9. The van der Waals surface area contributed by atoms with Gasteiger partial charge in [0.25, 0.3) is 0 Å². The fourth-order valence-electron chi connectivity index (χ4n) is 3.86. The van der Waals surface area contributed by atoms with Crippen LogP contribution in [0.1, 0.15) is 105 Å². The molecule has 0 aliphatic rings. The van der Waals surface area contributed by atoms with Gasteiger partial charge in [-0.25, -0.2) is 0 Å². The second-order valence-corrected chi connectivity index (χ2v) is 12.5. The molecule has 0 atom stereocenters. The van der Waals surface area contributed by atoms with Crippen LogP contribution in [0.3, 0.4) is 0 Å². The molecule has 0 bridgehead atoms. The van der Waals surface area contributed by atoms with Gasteiger partial charge >= 0.3 is 0 Å². The molecule has 0 saturated carbocycles. The summed E-state index contributed by atoms with van der Waals surface area (Å²) in [6.45, 7) is 27.3. The van der Waals surface area contributed by atoms with Crippen LogP contribution in [0.2, 0.25) is 0 Å². The second kappa shape index (κ2) is 7.49. The summed E-state index contributed by atoms with van der Waals surface area (Å²) in [6.07, 6.45) is 0. The third-order valence-corrected chi connectivity index (χ3v) is 5.45. The minimum absolute atomic E-state index is 0.0641. The Kier molecular flexibility index (Phi) is 6.07. The molecule has 2 aromatic carbocycles. The molecule has 1 nitrogen and oxygen atoms in total. The topological polar surface area (TPSA) is 9.23 Å². The molecule has 0 aliphatic heterocycles. The van der Waals surface area contributed by atoms with Crippen LogP contribution >= 0.6 is 0 Å². The average Bonchev–Trinajstić information content (AvgIpc) is 2.51. The highest BCUT2D eigenvalue weighted by molar-refractivity contribution is 5.47. The quantitative estimate of drug-likeness (QED) is 0.495. The summed E-state index contributed by atoms with van der Waals surface area (Å²) in [5.74, 6) is 1.82. The maximum Gasteiger partial charge on any atom is 0.127 e. The number of rotatable bonds is 2. The molecule has 0 radical (unpaired) electrons. The normalized spacial score (nSPS) is 13.5. The molecule has 0 N–H and O–H groups in total. The summed E-state index contributed by atoms with van der Waals surface area (Å²) in [5.41, 5.74) is 5.81. The number of hydrogen-bond acceptors (Lipinski definition) is 1. The van der Waals surface area contributed by atoms with Crippen LogP contribution in [-0.2, 0) is 21.7 Å². The van der Waals surface area contributed by atoms with E-state index < -0.39 is 0 Å². The van der Waals surface area contributed by atoms with Crippen molar-refractivity contribution in [1.82, 2.24) is 0 Å². The van der Waals surface area contributed by atoms with Crippen LogP contribution in [0.5, 0.6) is 11.5 Å². The Hall–Kier alpha value is -1.76. The summed E-state index contributed by atoms with van der Waals surface area (Å²) in [5, 5.41) is 0. The van der Waals surface area contributed by atoms with Gasteiger partial charge in [-0.05, 0) is 68.2 Å². The van der Waals surface area contributed by atoms with Gasteiger partial charge in [-0.1, -0.05) is 95.2 Å². The van der Waals surface area contributed by atoms with E-state index in [0.717, 1.165) is 11.5 Å². The summed E-state index contributed by atoms with van der Waals surface area (Å²) in [4.78, 5) is 0. The van der Waals surface area contributed by atoms with Crippen LogP contribution < -0.4 is 4.74 Å². The van der Waals surface area contributed by atoms with Gasteiger partial charge in [-0.3, -0.25) is 0 Å². The second-order valence-electron chi connectivity index (χ2n) is 12.5. The van der Waals surface area contributed by atoms with Crippen LogP contribution in [0, 0.1) is 0 Å². The van der Waals surface area contributed by atoms with Gasteiger partial charge in [-0.15, -0.1) is 0 Å². The molecular weight excluding hydrogens is 352 g/mol. The van der Waals surface area contributed by atoms with E-state index >= 15 is 0 Å². The fourth-order valence-corrected chi connectivity index (χ4v) is 3.86. The van der Waals surface area contributed by atoms with Gasteiger partial charge in [0.2, 0.25) is 0 Å². The van der Waals surface area contributed by atoms with Gasteiger partial charge in [-0.2, -0.15) is 0 Å². The predicted molar refractivity (Wildman–Crippen MR) is 128 cm³/mol. The van der Waals surface area contributed by atoms with E-state index in [-0.39, 0.29) is 21.7 Å². The van der Waals surface area contributed by atoms with Crippen LogP contribution in [-0.4, -0.2) is 0 Å². The SMILES string of the molecule is CC(C)(C)c1ccc(Oc2ccc(C(C)(C)C)c(C(C)(C)C)c2)cc1C(C)(C)C. The van der Waals surface area contributed by atoms with Crippen LogP contribution in [0.25, 0.3) is 0 Å². The van der Waals surface area contributed by atoms with Crippen molar-refractivity contribution in [2.75, 3.05) is 0 Å². The summed E-state index contributed by atoms with van der Waals surface area (Å²) < 4.78 is 6.39. The molecule has 1 heteroatoms. The Morgan fingerprint density at radius 3 is 0.931 bits per heavy atom. The maximum absolute atomic E-state index is 6.39. The molecule has 0 aromatic heterocycles. The van der Waals surface area contributed by atoms with Gasteiger partial charge in [0.1, 0.15) is 11.5 Å². The number of benzene rings is 2. The lowest BCUT2D eigenvalue weighted by Crippen LogP contribution is -2.22. The van der Waals surface area contributed by atoms with Gasteiger partial charge < -0.3 is 4.74 Å². The van der Waals surface area contributed by atoms with Gasteiger partial charge in [0.05, 0.1) is 0 Å². The van der Waals surface area contributed by atoms with Crippen molar-refractivity contribution in [1.29, 1.82) is 0 Å². The molecule has 0 aliphatic carbocycles. The minimum Gasteiger partial charge on any atom is -0.457 e. The lowest BCUT2D eigenvalue weighted by Gasteiger charge is -2.31. The molecule has 2 aromatic rings. The van der Waals surface area contributed by atoms with Crippen molar-refractivity contribution >= 4 is 0 Å². The van der Waals surface area contributed by atoms with Crippen LogP contribution in [0.4, 0.5) is 0 Å². The molecule has 0 amide bonds. The molecule has 0 saturated heterocycles. The molecule has 0 fully saturated rings. The Morgan fingerprint density at radius 2 is 0.690 bits per heavy atom. The minimum atomic E-state index is 0.0641. The fraction of sp³-hybridized carbons (Fsp3) is 0.571. The molecule has 0 heterocycles. The summed E-state index contributed by atoms with van der Waals surface area (Å²) in [6, 6.07) is 13.2. The first-order valence-electron chi connectivity index (χ1n) is 10.9. The Morgan fingerprint density at radius 1 is 0.414 bits per heavy atom. The standard InChI is InChI=1S/C28H42O/c1-25(2,3)21-15-13-19(17-23(21)27(7,8)9)29-20-14-16-22(26(4,5)6)24(18-20)28(10,11)12/h13-18H,1-12H3. The number of hydrogen-bond donors (Lipinski definition) is 0. The Bertz CT molecular complexity index is 786. The van der Waals surface area contributed by atoms with Crippen molar-refractivity contribution in [2.24, 2.45) is 0 Å². The van der Waals surface area contributed by atoms with Crippen molar-refractivity contribution in [3.63, 3.8) is 0 Å². The van der Waals surface area contributed by atoms with E-state index in [4.69, 9.17) is 4.74 Å². The Labute approximate surface area is 179 Å². The molecule has 29 heavy (non-hydrogen) atoms. The highest BCUT2D eigenvalue weighted by Gasteiger charge is 2.27. The zero-order chi connectivity index (χ0) is 22.4. The largest absolute Gasteiger partial charge is 0.457 e. The van der Waals surface area contributed by atoms with Crippen molar-refractivity contribution < 1.29 is 4.74 Å². The molecule has 2 rings (SSSR count). The predicted octanol–water partition coefficient (Wildman–Crippen LogP) is 8.67. The first-order chi connectivity index (χ1) is 12.9. The van der Waals surface area contributed by atoms with Crippen molar-refractivity contribution in [2.45, 2.75) is 105 Å². The highest BCUT2D eigenvalue weighted by atomic mass is 16.5. The van der Waals surface area contributed by atoms with Gasteiger partial charge in [0, 0.05) is 0 Å². The number of ether oxygens (including phenoxy) is 1. The zero-order valence-corrected chi connectivity index (χ0v) is 20.9. The summed E-state index contributed by atoms with van der Waals surface area (Å²) >= 11 is 0. The third kappa shape index (κ3) is 5.65. The van der Waals surface area contributed by atoms with E-state index in [0.29, 0.717) is 0 Å². The summed E-state index contributed by atoms with van der Waals surface area (Å²) in [7, 11) is 0. The lowest BCUT2D eigenvalue weighted by molar-refractivity contribution is 0.466. The van der Waals surface area contributed by atoms with Crippen LogP contribution in [0.15, 0.2) is 36.4 Å². The van der Waals surface area contributed by atoms with Gasteiger partial charge in [0.15, 0.2) is 0 Å². The van der Waals surface area contributed by atoms with E-state index in [1.807, 2.05) is 0 Å². The molecular formula is C28H42O. The Balaban J connectivity index is 2.52. The van der Waals surface area contributed by atoms with E-state index in [2.05, 4.69) is 119 Å². The molecule has 0 unspecified atom stereocenters. The average molecular weight is 395 g/mol. The first kappa shape index (κ1) is 23.5. The van der Waals surface area contributed by atoms with Crippen molar-refractivity contribution in [3.05, 3.63) is 58.7 Å².